The molecule has 0 bridgehead atoms. The fourth-order valence-corrected chi connectivity index (χ4v) is 2.88. The quantitative estimate of drug-likeness (QED) is 0.378. The lowest BCUT2D eigenvalue weighted by atomic mass is 10.1. The van der Waals surface area contributed by atoms with Gasteiger partial charge in [-0.15, -0.1) is 35.3 Å². The first-order valence-electron chi connectivity index (χ1n) is 7.70. The Labute approximate surface area is 165 Å². The van der Waals surface area contributed by atoms with Crippen LogP contribution in [0.5, 0.6) is 0 Å². The molecule has 0 aliphatic heterocycles. The third-order valence-electron chi connectivity index (χ3n) is 3.37. The highest BCUT2D eigenvalue weighted by atomic mass is 127. The first kappa shape index (κ1) is 20.9. The van der Waals surface area contributed by atoms with Gasteiger partial charge in [-0.25, -0.2) is 4.98 Å². The van der Waals surface area contributed by atoms with E-state index in [1.807, 2.05) is 6.20 Å². The summed E-state index contributed by atoms with van der Waals surface area (Å²) in [4.78, 5) is 9.95. The fourth-order valence-electron chi connectivity index (χ4n) is 2.08. The monoisotopic (exact) mass is 460 g/mol. The number of thiazole rings is 1. The molecule has 0 spiro atoms. The number of aliphatic imine (C=N–C) groups is 1. The zero-order chi connectivity index (χ0) is 16.5. The number of ether oxygens (including phenoxy) is 1. The molecule has 0 saturated carbocycles. The molecule has 5 nitrogen and oxygen atoms in total. The van der Waals surface area contributed by atoms with Crippen molar-refractivity contribution < 1.29 is 4.74 Å². The van der Waals surface area contributed by atoms with Crippen molar-refractivity contribution in [3.63, 3.8) is 0 Å². The highest BCUT2D eigenvalue weighted by molar-refractivity contribution is 14.0. The number of rotatable bonds is 7. The smallest absolute Gasteiger partial charge is 0.191 e. The summed E-state index contributed by atoms with van der Waals surface area (Å²) >= 11 is 1.74. The molecule has 0 unspecified atom stereocenters. The summed E-state index contributed by atoms with van der Waals surface area (Å²) in [5.41, 5.74) is 2.38. The number of nitrogens with one attached hydrogen (secondary N) is 2. The second-order valence-electron chi connectivity index (χ2n) is 5.10. The maximum atomic E-state index is 5.12. The second-order valence-corrected chi connectivity index (χ2v) is 6.30. The molecule has 2 aromatic rings. The predicted molar refractivity (Wildman–Crippen MR) is 111 cm³/mol. The Morgan fingerprint density at radius 3 is 2.42 bits per heavy atom. The van der Waals surface area contributed by atoms with Gasteiger partial charge in [0.15, 0.2) is 5.96 Å². The Balaban J connectivity index is 0.00000288. The SMILES string of the molecule is CCc1cnc(CNC(=NC)NCc2ccc(COC)cc2)s1.I. The van der Waals surface area contributed by atoms with Gasteiger partial charge in [0.05, 0.1) is 13.2 Å². The lowest BCUT2D eigenvalue weighted by Crippen LogP contribution is -2.36. The summed E-state index contributed by atoms with van der Waals surface area (Å²) in [5.74, 6) is 0.777. The topological polar surface area (TPSA) is 58.5 Å². The molecular formula is C17H25IN4OS. The third-order valence-corrected chi connectivity index (χ3v) is 4.52. The lowest BCUT2D eigenvalue weighted by molar-refractivity contribution is 0.185. The summed E-state index contributed by atoms with van der Waals surface area (Å²) in [7, 11) is 3.48. The van der Waals surface area contributed by atoms with Gasteiger partial charge in [0.25, 0.3) is 0 Å². The van der Waals surface area contributed by atoms with Gasteiger partial charge in [-0.3, -0.25) is 4.99 Å². The van der Waals surface area contributed by atoms with Gasteiger partial charge in [-0.1, -0.05) is 31.2 Å². The van der Waals surface area contributed by atoms with Gasteiger partial charge in [0.1, 0.15) is 5.01 Å². The van der Waals surface area contributed by atoms with Crippen molar-refractivity contribution in [2.24, 2.45) is 4.99 Å². The highest BCUT2D eigenvalue weighted by Gasteiger charge is 2.03. The number of aryl methyl sites for hydroxylation is 1. The number of benzene rings is 1. The number of methoxy groups -OCH3 is 1. The van der Waals surface area contributed by atoms with Crippen molar-refractivity contribution in [1.82, 2.24) is 15.6 Å². The third kappa shape index (κ3) is 6.74. The Morgan fingerprint density at radius 1 is 1.17 bits per heavy atom. The molecule has 132 valence electrons. The number of nitrogens with zero attached hydrogens (tertiary/aromatic N) is 2. The van der Waals surface area contributed by atoms with Crippen LogP contribution in [-0.2, 0) is 30.9 Å². The molecule has 0 saturated heterocycles. The first-order chi connectivity index (χ1) is 11.2. The molecule has 7 heteroatoms. The number of guanidine groups is 1. The van der Waals surface area contributed by atoms with Gasteiger partial charge < -0.3 is 15.4 Å². The van der Waals surface area contributed by atoms with E-state index in [4.69, 9.17) is 4.74 Å². The van der Waals surface area contributed by atoms with Crippen molar-refractivity contribution in [3.05, 3.63) is 51.5 Å². The Bertz CT molecular complexity index is 628. The van der Waals surface area contributed by atoms with Crippen LogP contribution in [0, 0.1) is 0 Å². The molecule has 1 heterocycles. The fraction of sp³-hybridized carbons (Fsp3) is 0.412. The minimum Gasteiger partial charge on any atom is -0.380 e. The molecule has 2 N–H and O–H groups in total. The van der Waals surface area contributed by atoms with E-state index in [0.717, 1.165) is 23.9 Å². The summed E-state index contributed by atoms with van der Waals surface area (Å²) in [6, 6.07) is 8.36. The number of hydrogen-bond acceptors (Lipinski definition) is 4. The molecule has 0 aliphatic rings. The summed E-state index contributed by atoms with van der Waals surface area (Å²) in [5, 5.41) is 7.68. The van der Waals surface area contributed by atoms with Crippen LogP contribution in [0.15, 0.2) is 35.5 Å². The predicted octanol–water partition coefficient (Wildman–Crippen LogP) is 3.34. The van der Waals surface area contributed by atoms with Crippen LogP contribution >= 0.6 is 35.3 Å². The van der Waals surface area contributed by atoms with Crippen molar-refractivity contribution in [2.75, 3.05) is 14.2 Å². The Hall–Kier alpha value is -1.19. The first-order valence-corrected chi connectivity index (χ1v) is 8.51. The average Bonchev–Trinajstić information content (AvgIpc) is 3.05. The summed E-state index contributed by atoms with van der Waals surface area (Å²) in [6.45, 7) is 4.20. The molecule has 0 amide bonds. The maximum Gasteiger partial charge on any atom is 0.191 e. The Morgan fingerprint density at radius 2 is 1.83 bits per heavy atom. The van der Waals surface area contributed by atoms with Crippen molar-refractivity contribution >= 4 is 41.3 Å². The van der Waals surface area contributed by atoms with E-state index in [2.05, 4.69) is 51.8 Å². The molecule has 1 aromatic heterocycles. The molecular weight excluding hydrogens is 435 g/mol. The van der Waals surface area contributed by atoms with E-state index in [9.17, 15) is 0 Å². The second kappa shape index (κ2) is 11.4. The highest BCUT2D eigenvalue weighted by Crippen LogP contribution is 2.12. The van der Waals surface area contributed by atoms with Crippen molar-refractivity contribution in [1.29, 1.82) is 0 Å². The lowest BCUT2D eigenvalue weighted by Gasteiger charge is -2.11. The van der Waals surface area contributed by atoms with Crippen LogP contribution < -0.4 is 10.6 Å². The molecule has 0 atom stereocenters. The number of halogens is 1. The van der Waals surface area contributed by atoms with Crippen LogP contribution in [0.1, 0.15) is 27.9 Å². The summed E-state index contributed by atoms with van der Waals surface area (Å²) in [6.07, 6.45) is 2.98. The molecule has 0 radical (unpaired) electrons. The number of hydrogen-bond donors (Lipinski definition) is 2. The van der Waals surface area contributed by atoms with E-state index in [-0.39, 0.29) is 24.0 Å². The van der Waals surface area contributed by atoms with Crippen LogP contribution in [0.4, 0.5) is 0 Å². The zero-order valence-electron chi connectivity index (χ0n) is 14.3. The summed E-state index contributed by atoms with van der Waals surface area (Å²) < 4.78 is 5.12. The normalized spacial score (nSPS) is 11.0. The standard InChI is InChI=1S/C17H24N4OS.HI/c1-4-15-10-19-16(23-15)11-21-17(18-2)20-9-13-5-7-14(8-6-13)12-22-3;/h5-8,10H,4,9,11-12H2,1-3H3,(H2,18,20,21);1H. The van der Waals surface area contributed by atoms with E-state index in [0.29, 0.717) is 13.2 Å². The number of aromatic nitrogens is 1. The maximum absolute atomic E-state index is 5.12. The van der Waals surface area contributed by atoms with Gasteiger partial charge in [0.2, 0.25) is 0 Å². The van der Waals surface area contributed by atoms with Gasteiger partial charge in [-0.2, -0.15) is 0 Å². The molecule has 1 aromatic carbocycles. The molecule has 2 rings (SSSR count). The van der Waals surface area contributed by atoms with Crippen LogP contribution in [0.2, 0.25) is 0 Å². The minimum atomic E-state index is 0. The van der Waals surface area contributed by atoms with Gasteiger partial charge >= 0.3 is 0 Å². The van der Waals surface area contributed by atoms with Crippen molar-refractivity contribution in [2.45, 2.75) is 33.0 Å². The van der Waals surface area contributed by atoms with Gasteiger partial charge in [0, 0.05) is 31.8 Å². The van der Waals surface area contributed by atoms with E-state index < -0.39 is 0 Å². The molecule has 0 fully saturated rings. The van der Waals surface area contributed by atoms with Crippen molar-refractivity contribution in [3.8, 4) is 0 Å². The minimum absolute atomic E-state index is 0. The van der Waals surface area contributed by atoms with E-state index in [1.165, 1.54) is 16.0 Å². The van der Waals surface area contributed by atoms with Crippen LogP contribution in [0.25, 0.3) is 0 Å². The van der Waals surface area contributed by atoms with E-state index >= 15 is 0 Å². The van der Waals surface area contributed by atoms with Gasteiger partial charge in [-0.05, 0) is 17.5 Å². The molecule has 0 aliphatic carbocycles. The van der Waals surface area contributed by atoms with E-state index in [1.54, 1.807) is 25.5 Å². The Kier molecular flexibility index (Phi) is 9.89. The largest absolute Gasteiger partial charge is 0.380 e. The van der Waals surface area contributed by atoms with Crippen LogP contribution in [0.3, 0.4) is 0 Å². The molecule has 24 heavy (non-hydrogen) atoms. The average molecular weight is 460 g/mol. The van der Waals surface area contributed by atoms with Crippen LogP contribution in [-0.4, -0.2) is 25.1 Å². The zero-order valence-corrected chi connectivity index (χ0v) is 17.5.